The van der Waals surface area contributed by atoms with Gasteiger partial charge < -0.3 is 0 Å². The molecule has 0 N–H and O–H groups in total. The molecular formula is C24H34B2O3P2S+2. The van der Waals surface area contributed by atoms with Gasteiger partial charge in [0.05, 0.1) is 28.6 Å². The van der Waals surface area contributed by atoms with Crippen molar-refractivity contribution in [2.45, 2.75) is 50.8 Å². The molecule has 0 spiro atoms. The first kappa shape index (κ1) is 26.0. The molecule has 4 rings (SSSR count). The van der Waals surface area contributed by atoms with Crippen LogP contribution < -0.4 is 10.6 Å². The molecule has 0 aliphatic carbocycles. The van der Waals surface area contributed by atoms with E-state index in [9.17, 15) is 8.42 Å². The van der Waals surface area contributed by atoms with Gasteiger partial charge in [-0.05, 0) is 71.2 Å². The molecule has 0 amide bonds. The molecule has 2 aliphatic rings. The minimum absolute atomic E-state index is 0.306. The van der Waals surface area contributed by atoms with Crippen LogP contribution in [-0.4, -0.2) is 60.1 Å². The van der Waals surface area contributed by atoms with Crippen molar-refractivity contribution < 1.29 is 12.6 Å². The fourth-order valence-electron chi connectivity index (χ4n) is 4.96. The van der Waals surface area contributed by atoms with Gasteiger partial charge in [0.25, 0.3) is 10.1 Å². The summed E-state index contributed by atoms with van der Waals surface area (Å²) in [4.78, 5) is 0. The van der Waals surface area contributed by atoms with E-state index >= 15 is 0 Å². The zero-order valence-electron chi connectivity index (χ0n) is 19.3. The highest BCUT2D eigenvalue weighted by molar-refractivity contribution is 8.04. The average molecular weight is 486 g/mol. The van der Waals surface area contributed by atoms with E-state index in [1.54, 1.807) is 0 Å². The van der Waals surface area contributed by atoms with Gasteiger partial charge in [-0.25, -0.2) is 0 Å². The van der Waals surface area contributed by atoms with Crippen molar-refractivity contribution in [3.05, 3.63) is 60.7 Å². The van der Waals surface area contributed by atoms with Crippen molar-refractivity contribution in [2.24, 2.45) is 0 Å². The molecule has 2 aliphatic heterocycles. The second-order valence-electron chi connectivity index (χ2n) is 9.16. The summed E-state index contributed by atoms with van der Waals surface area (Å²) in [6.45, 7) is 1.81. The van der Waals surface area contributed by atoms with Crippen LogP contribution in [0, 0.1) is 0 Å². The highest BCUT2D eigenvalue weighted by Crippen LogP contribution is 2.65. The van der Waals surface area contributed by atoms with Crippen LogP contribution in [0.4, 0.5) is 0 Å². The second-order valence-corrected chi connectivity index (χ2v) is 17.8. The predicted molar refractivity (Wildman–Crippen MR) is 144 cm³/mol. The number of hydrogen-bond acceptors (Lipinski definition) is 3. The maximum absolute atomic E-state index is 11.2. The van der Waals surface area contributed by atoms with Crippen LogP contribution >= 0.6 is 14.3 Å². The Morgan fingerprint density at radius 1 is 0.906 bits per heavy atom. The summed E-state index contributed by atoms with van der Waals surface area (Å²) >= 11 is 0. The van der Waals surface area contributed by atoms with Crippen LogP contribution in [0.1, 0.15) is 39.0 Å². The molecule has 1 unspecified atom stereocenters. The largest absolute Gasteiger partial charge is 0.371 e. The first-order valence-electron chi connectivity index (χ1n) is 11.4. The Morgan fingerprint density at radius 2 is 1.44 bits per heavy atom. The normalized spacial score (nSPS) is 25.6. The summed E-state index contributed by atoms with van der Waals surface area (Å²) in [5.74, 6) is 0. The SMILES string of the molecule is [B][P+]1(c2ccccc2)CCCC1.[B][P+]1(c2ccccc2)CCC[C@@H]1C[C@@H](C)OS(C)(=O)=O. The summed E-state index contributed by atoms with van der Waals surface area (Å²) in [5.41, 5.74) is 0.363. The molecule has 2 heterocycles. The molecule has 8 heteroatoms. The third-order valence-electron chi connectivity index (χ3n) is 6.53. The summed E-state index contributed by atoms with van der Waals surface area (Å²) < 4.78 is 27.5. The molecule has 3 atom stereocenters. The van der Waals surface area contributed by atoms with Gasteiger partial charge in [-0.2, -0.15) is 8.42 Å². The minimum Gasteiger partial charge on any atom is -0.267 e. The van der Waals surface area contributed by atoms with E-state index < -0.39 is 24.4 Å². The van der Waals surface area contributed by atoms with Crippen LogP contribution in [0.25, 0.3) is 0 Å². The van der Waals surface area contributed by atoms with Crippen molar-refractivity contribution in [3.8, 4) is 0 Å². The summed E-state index contributed by atoms with van der Waals surface area (Å²) in [6, 6.07) is 20.9. The van der Waals surface area contributed by atoms with Gasteiger partial charge in [-0.1, -0.05) is 36.4 Å². The third-order valence-corrected chi connectivity index (χ3v) is 14.9. The fourth-order valence-corrected chi connectivity index (χ4v) is 12.5. The molecule has 3 nitrogen and oxygen atoms in total. The van der Waals surface area contributed by atoms with E-state index in [4.69, 9.17) is 19.3 Å². The maximum atomic E-state index is 11.2. The second kappa shape index (κ2) is 11.2. The van der Waals surface area contributed by atoms with E-state index in [0.717, 1.165) is 25.3 Å². The molecule has 168 valence electrons. The first-order chi connectivity index (χ1) is 15.1. The molecule has 32 heavy (non-hydrogen) atoms. The zero-order chi connectivity index (χ0) is 23.2. The van der Waals surface area contributed by atoms with Crippen LogP contribution in [0.5, 0.6) is 0 Å². The predicted octanol–water partition coefficient (Wildman–Crippen LogP) is 4.54. The summed E-state index contributed by atoms with van der Waals surface area (Å²) in [5, 5.41) is 2.66. The lowest BCUT2D eigenvalue weighted by Gasteiger charge is -2.27. The Balaban J connectivity index is 0.000000204. The van der Waals surface area contributed by atoms with Crippen molar-refractivity contribution in [1.82, 2.24) is 0 Å². The molecule has 2 fully saturated rings. The topological polar surface area (TPSA) is 43.4 Å². The molecule has 4 radical (unpaired) electrons. The molecular weight excluding hydrogens is 452 g/mol. The van der Waals surface area contributed by atoms with Gasteiger partial charge in [0.1, 0.15) is 0 Å². The van der Waals surface area contributed by atoms with E-state index in [-0.39, 0.29) is 6.10 Å². The van der Waals surface area contributed by atoms with E-state index in [0.29, 0.717) is 12.1 Å². The maximum Gasteiger partial charge on any atom is 0.371 e. The lowest BCUT2D eigenvalue weighted by atomic mass is 10.1. The van der Waals surface area contributed by atoms with Crippen molar-refractivity contribution >= 4 is 50.1 Å². The molecule has 2 aromatic carbocycles. The molecule has 2 aromatic rings. The molecule has 0 bridgehead atoms. The first-order valence-corrected chi connectivity index (χ1v) is 17.6. The Kier molecular flexibility index (Phi) is 9.06. The standard InChI is InChI=1S/C14H21BO3PS.C10H13BP/c1-12(18-20(2,16)17)11-14-9-6-10-19(14,15)13-7-4-3-5-8-13;11-12(8-4-5-9-12)10-6-2-1-3-7-10/h3-5,7-8,12,14H,6,9-11H2,1-2H3;1-3,6-7H,4-5,8-9H2/q2*+1/t12-,14-,19?;/m1./s1. The van der Waals surface area contributed by atoms with Crippen LogP contribution in [0.15, 0.2) is 60.7 Å². The number of benzene rings is 2. The van der Waals surface area contributed by atoms with Gasteiger partial charge in [-0.15, -0.1) is 0 Å². The van der Waals surface area contributed by atoms with Crippen molar-refractivity contribution in [1.29, 1.82) is 0 Å². The Bertz CT molecular complexity index is 954. The quantitative estimate of drug-likeness (QED) is 0.343. The Morgan fingerprint density at radius 3 is 1.97 bits per heavy atom. The average Bonchev–Trinajstić information content (AvgIpc) is 3.36. The monoisotopic (exact) mass is 486 g/mol. The lowest BCUT2D eigenvalue weighted by molar-refractivity contribution is 0.218. The smallest absolute Gasteiger partial charge is 0.267 e. The highest BCUT2D eigenvalue weighted by atomic mass is 32.2. The third kappa shape index (κ3) is 6.92. The summed E-state index contributed by atoms with van der Waals surface area (Å²) in [6.07, 6.45) is 9.93. The zero-order valence-corrected chi connectivity index (χ0v) is 21.9. The molecule has 0 saturated carbocycles. The van der Waals surface area contributed by atoms with Gasteiger partial charge in [0.2, 0.25) is 0 Å². The van der Waals surface area contributed by atoms with Gasteiger partial charge >= 0.3 is 15.1 Å². The van der Waals surface area contributed by atoms with E-state index in [2.05, 4.69) is 42.5 Å². The summed E-state index contributed by atoms with van der Waals surface area (Å²) in [7, 11) is 6.89. The van der Waals surface area contributed by atoms with Crippen molar-refractivity contribution in [3.63, 3.8) is 0 Å². The highest BCUT2D eigenvalue weighted by Gasteiger charge is 2.47. The number of hydrogen-bond donors (Lipinski definition) is 0. The van der Waals surface area contributed by atoms with Gasteiger partial charge in [0.15, 0.2) is 0 Å². The fraction of sp³-hybridized carbons (Fsp3) is 0.500. The lowest BCUT2D eigenvalue weighted by Crippen LogP contribution is -2.25. The van der Waals surface area contributed by atoms with Crippen LogP contribution in [0.2, 0.25) is 0 Å². The van der Waals surface area contributed by atoms with E-state index in [1.165, 1.54) is 35.8 Å². The van der Waals surface area contributed by atoms with E-state index in [1.807, 2.05) is 25.1 Å². The van der Waals surface area contributed by atoms with Crippen molar-refractivity contribution in [2.75, 3.05) is 24.7 Å². The van der Waals surface area contributed by atoms with Crippen LogP contribution in [0.3, 0.4) is 0 Å². The molecule has 2 saturated heterocycles. The molecule has 0 aromatic heterocycles. The van der Waals surface area contributed by atoms with Gasteiger partial charge in [-0.3, -0.25) is 4.18 Å². The number of rotatable bonds is 6. The minimum atomic E-state index is -3.40. The van der Waals surface area contributed by atoms with Crippen LogP contribution in [-0.2, 0) is 14.3 Å². The Hall–Kier alpha value is -0.660. The van der Waals surface area contributed by atoms with Gasteiger partial charge in [0, 0.05) is 24.9 Å². The Labute approximate surface area is 198 Å².